The third-order valence-electron chi connectivity index (χ3n) is 5.36. The van der Waals surface area contributed by atoms with Gasteiger partial charge >= 0.3 is 0 Å². The monoisotopic (exact) mass is 435 g/mol. The zero-order valence-electron chi connectivity index (χ0n) is 15.7. The first-order valence-corrected chi connectivity index (χ1v) is 11.0. The van der Waals surface area contributed by atoms with E-state index in [1.54, 1.807) is 17.0 Å². The fourth-order valence-corrected chi connectivity index (χ4v) is 5.46. The van der Waals surface area contributed by atoms with Crippen LogP contribution in [0.1, 0.15) is 24.4 Å². The van der Waals surface area contributed by atoms with E-state index in [1.165, 1.54) is 10.4 Å². The maximum absolute atomic E-state index is 13.4. The van der Waals surface area contributed by atoms with Gasteiger partial charge in [-0.25, -0.2) is 17.8 Å². The third kappa shape index (κ3) is 3.56. The first-order chi connectivity index (χ1) is 13.8. The van der Waals surface area contributed by atoms with Crippen molar-refractivity contribution in [2.75, 3.05) is 13.1 Å². The fraction of sp³-hybridized carbons (Fsp3) is 0.300. The molecule has 0 N–H and O–H groups in total. The Kier molecular flexibility index (Phi) is 5.18. The predicted octanol–water partition coefficient (Wildman–Crippen LogP) is 3.52. The molecular weight excluding hydrogens is 417 g/mol. The SMILES string of the molecule is Cc1cccc2c(=O)n(C3CCN(S(=O)(=O)c4ccc(F)c(Cl)c4)CC3)cnc12. The van der Waals surface area contributed by atoms with E-state index in [4.69, 9.17) is 11.6 Å². The number of sulfonamides is 1. The number of aryl methyl sites for hydroxylation is 1. The summed E-state index contributed by atoms with van der Waals surface area (Å²) >= 11 is 5.74. The van der Waals surface area contributed by atoms with Crippen LogP contribution < -0.4 is 5.56 Å². The standard InChI is InChI=1S/C20H19ClFN3O3S/c1-13-3-2-4-16-19(13)23-12-25(20(16)26)14-7-9-24(10-8-14)29(27,28)15-5-6-18(22)17(21)11-15/h2-6,11-12,14H,7-10H2,1H3. The number of aromatic nitrogens is 2. The number of para-hydroxylation sites is 1. The lowest BCUT2D eigenvalue weighted by Gasteiger charge is -2.32. The fourth-order valence-electron chi connectivity index (χ4n) is 3.72. The Labute approximate surface area is 172 Å². The highest BCUT2D eigenvalue weighted by molar-refractivity contribution is 7.89. The van der Waals surface area contributed by atoms with Gasteiger partial charge in [0, 0.05) is 19.1 Å². The summed E-state index contributed by atoms with van der Waals surface area (Å²) in [5.41, 5.74) is 1.50. The van der Waals surface area contributed by atoms with E-state index in [-0.39, 0.29) is 34.6 Å². The molecule has 1 fully saturated rings. The van der Waals surface area contributed by atoms with Crippen LogP contribution in [0.15, 0.2) is 52.4 Å². The molecule has 1 aliphatic heterocycles. The summed E-state index contributed by atoms with van der Waals surface area (Å²) in [6.45, 7) is 2.41. The van der Waals surface area contributed by atoms with Crippen molar-refractivity contribution < 1.29 is 12.8 Å². The molecule has 0 saturated carbocycles. The molecule has 1 aromatic heterocycles. The van der Waals surface area contributed by atoms with Crippen molar-refractivity contribution in [3.05, 3.63) is 69.5 Å². The number of hydrogen-bond donors (Lipinski definition) is 0. The summed E-state index contributed by atoms with van der Waals surface area (Å²) in [6.07, 6.45) is 2.51. The molecule has 0 radical (unpaired) electrons. The van der Waals surface area contributed by atoms with Crippen LogP contribution >= 0.6 is 11.6 Å². The van der Waals surface area contributed by atoms with Crippen molar-refractivity contribution in [3.63, 3.8) is 0 Å². The average Bonchev–Trinajstić information content (AvgIpc) is 2.71. The van der Waals surface area contributed by atoms with Crippen LogP contribution in [0.2, 0.25) is 5.02 Å². The van der Waals surface area contributed by atoms with Crippen LogP contribution in [0.3, 0.4) is 0 Å². The lowest BCUT2D eigenvalue weighted by Crippen LogP contribution is -2.40. The second kappa shape index (κ2) is 7.51. The molecule has 6 nitrogen and oxygen atoms in total. The molecule has 2 aromatic carbocycles. The number of nitrogens with zero attached hydrogens (tertiary/aromatic N) is 3. The molecular formula is C20H19ClFN3O3S. The molecule has 0 aliphatic carbocycles. The average molecular weight is 436 g/mol. The molecule has 3 aromatic rings. The topological polar surface area (TPSA) is 72.3 Å². The van der Waals surface area contributed by atoms with Gasteiger partial charge in [0.05, 0.1) is 27.1 Å². The van der Waals surface area contributed by atoms with Gasteiger partial charge < -0.3 is 0 Å². The first-order valence-electron chi connectivity index (χ1n) is 9.20. The van der Waals surface area contributed by atoms with Crippen LogP contribution in [0.4, 0.5) is 4.39 Å². The molecule has 1 aliphatic rings. The highest BCUT2D eigenvalue weighted by atomic mass is 35.5. The lowest BCUT2D eigenvalue weighted by atomic mass is 10.1. The second-order valence-corrected chi connectivity index (χ2v) is 9.48. The van der Waals surface area contributed by atoms with Crippen molar-refractivity contribution >= 4 is 32.5 Å². The number of halogens is 2. The van der Waals surface area contributed by atoms with E-state index < -0.39 is 15.8 Å². The number of hydrogen-bond acceptors (Lipinski definition) is 4. The van der Waals surface area contributed by atoms with E-state index in [1.807, 2.05) is 19.1 Å². The molecule has 0 bridgehead atoms. The predicted molar refractivity (Wildman–Crippen MR) is 109 cm³/mol. The molecule has 9 heteroatoms. The summed E-state index contributed by atoms with van der Waals surface area (Å²) in [5.74, 6) is -0.664. The largest absolute Gasteiger partial charge is 0.296 e. The number of fused-ring (bicyclic) bond motifs is 1. The van der Waals surface area contributed by atoms with Crippen molar-refractivity contribution in [2.45, 2.75) is 30.7 Å². The molecule has 29 heavy (non-hydrogen) atoms. The number of piperidine rings is 1. The Balaban J connectivity index is 1.57. The van der Waals surface area contributed by atoms with E-state index in [0.29, 0.717) is 23.7 Å². The van der Waals surface area contributed by atoms with Gasteiger partial charge in [-0.15, -0.1) is 0 Å². The summed E-state index contributed by atoms with van der Waals surface area (Å²) in [6, 6.07) is 8.73. The molecule has 4 rings (SSSR count). The Hall–Kier alpha value is -2.29. The van der Waals surface area contributed by atoms with Crippen molar-refractivity contribution in [1.29, 1.82) is 0 Å². The minimum atomic E-state index is -3.78. The molecule has 2 heterocycles. The molecule has 0 spiro atoms. The Bertz CT molecular complexity index is 1250. The van der Waals surface area contributed by atoms with Crippen LogP contribution in [0, 0.1) is 12.7 Å². The van der Waals surface area contributed by atoms with Gasteiger partial charge in [0.25, 0.3) is 5.56 Å². The maximum atomic E-state index is 13.4. The van der Waals surface area contributed by atoms with Gasteiger partial charge in [-0.05, 0) is 49.6 Å². The Morgan fingerprint density at radius 2 is 1.90 bits per heavy atom. The zero-order valence-corrected chi connectivity index (χ0v) is 17.3. The summed E-state index contributed by atoms with van der Waals surface area (Å²) in [4.78, 5) is 17.3. The second-order valence-electron chi connectivity index (χ2n) is 7.14. The smallest absolute Gasteiger partial charge is 0.261 e. The third-order valence-corrected chi connectivity index (χ3v) is 7.54. The summed E-state index contributed by atoms with van der Waals surface area (Å²) in [5, 5.41) is 0.327. The summed E-state index contributed by atoms with van der Waals surface area (Å²) < 4.78 is 42.0. The molecule has 0 amide bonds. The van der Waals surface area contributed by atoms with Crippen LogP contribution in [-0.4, -0.2) is 35.4 Å². The van der Waals surface area contributed by atoms with E-state index in [9.17, 15) is 17.6 Å². The van der Waals surface area contributed by atoms with Crippen LogP contribution in [0.25, 0.3) is 10.9 Å². The van der Waals surface area contributed by atoms with Gasteiger partial charge in [-0.1, -0.05) is 23.7 Å². The molecule has 1 saturated heterocycles. The quantitative estimate of drug-likeness (QED) is 0.631. The Morgan fingerprint density at radius 3 is 2.59 bits per heavy atom. The van der Waals surface area contributed by atoms with E-state index in [0.717, 1.165) is 17.7 Å². The molecule has 152 valence electrons. The first kappa shape index (κ1) is 20.0. The van der Waals surface area contributed by atoms with E-state index in [2.05, 4.69) is 4.98 Å². The van der Waals surface area contributed by atoms with Crippen molar-refractivity contribution in [2.24, 2.45) is 0 Å². The summed E-state index contributed by atoms with van der Waals surface area (Å²) in [7, 11) is -3.78. The highest BCUT2D eigenvalue weighted by Gasteiger charge is 2.31. The minimum absolute atomic E-state index is 0.0395. The van der Waals surface area contributed by atoms with E-state index >= 15 is 0 Å². The van der Waals surface area contributed by atoms with Gasteiger partial charge in [0.15, 0.2) is 0 Å². The van der Waals surface area contributed by atoms with Crippen molar-refractivity contribution in [1.82, 2.24) is 13.9 Å². The lowest BCUT2D eigenvalue weighted by molar-refractivity contribution is 0.269. The van der Waals surface area contributed by atoms with Gasteiger partial charge in [-0.3, -0.25) is 9.36 Å². The molecule has 0 unspecified atom stereocenters. The van der Waals surface area contributed by atoms with Gasteiger partial charge in [-0.2, -0.15) is 4.31 Å². The molecule has 0 atom stereocenters. The Morgan fingerprint density at radius 1 is 1.17 bits per heavy atom. The number of benzene rings is 2. The van der Waals surface area contributed by atoms with Gasteiger partial charge in [0.1, 0.15) is 5.82 Å². The van der Waals surface area contributed by atoms with Crippen molar-refractivity contribution in [3.8, 4) is 0 Å². The van der Waals surface area contributed by atoms with Gasteiger partial charge in [0.2, 0.25) is 10.0 Å². The maximum Gasteiger partial charge on any atom is 0.261 e. The highest BCUT2D eigenvalue weighted by Crippen LogP contribution is 2.28. The van der Waals surface area contributed by atoms with Crippen LogP contribution in [-0.2, 0) is 10.0 Å². The van der Waals surface area contributed by atoms with Crippen LogP contribution in [0.5, 0.6) is 0 Å². The zero-order chi connectivity index (χ0) is 20.8. The minimum Gasteiger partial charge on any atom is -0.296 e. The normalized spacial score (nSPS) is 16.4. The number of rotatable bonds is 3.